The highest BCUT2D eigenvalue weighted by Crippen LogP contribution is 2.26. The van der Waals surface area contributed by atoms with Gasteiger partial charge in [0.25, 0.3) is 15.9 Å². The summed E-state index contributed by atoms with van der Waals surface area (Å²) in [6.45, 7) is 3.24. The van der Waals surface area contributed by atoms with Crippen LogP contribution in [0.5, 0.6) is 0 Å². The van der Waals surface area contributed by atoms with Crippen molar-refractivity contribution in [2.75, 3.05) is 17.8 Å². The molecule has 1 aliphatic heterocycles. The van der Waals surface area contributed by atoms with Crippen LogP contribution in [0, 0.1) is 6.92 Å². The van der Waals surface area contributed by atoms with Gasteiger partial charge in [0.1, 0.15) is 0 Å². The minimum atomic E-state index is -3.79. The maximum atomic E-state index is 12.9. The van der Waals surface area contributed by atoms with Crippen molar-refractivity contribution in [1.29, 1.82) is 0 Å². The summed E-state index contributed by atoms with van der Waals surface area (Å²) < 4.78 is 27.9. The van der Waals surface area contributed by atoms with Crippen LogP contribution in [0.25, 0.3) is 0 Å². The maximum absolute atomic E-state index is 12.9. The number of piperidine rings is 1. The van der Waals surface area contributed by atoms with Crippen LogP contribution in [0.4, 0.5) is 5.69 Å². The predicted molar refractivity (Wildman–Crippen MR) is 103 cm³/mol. The summed E-state index contributed by atoms with van der Waals surface area (Å²) in [4.78, 5) is 14.8. The smallest absolute Gasteiger partial charge is 0.261 e. The molecule has 138 valence electrons. The molecule has 0 radical (unpaired) electrons. The third-order valence-electron chi connectivity index (χ3n) is 4.43. The fourth-order valence-electron chi connectivity index (χ4n) is 2.97. The lowest BCUT2D eigenvalue weighted by molar-refractivity contribution is 0.0725. The Morgan fingerprint density at radius 3 is 2.35 bits per heavy atom. The van der Waals surface area contributed by atoms with E-state index in [1.807, 2.05) is 6.92 Å². The van der Waals surface area contributed by atoms with Crippen molar-refractivity contribution < 1.29 is 13.2 Å². The summed E-state index contributed by atoms with van der Waals surface area (Å²) in [6.07, 6.45) is 3.01. The minimum absolute atomic E-state index is 0.148. The van der Waals surface area contributed by atoms with Crippen LogP contribution in [-0.2, 0) is 10.0 Å². The molecule has 1 heterocycles. The summed E-state index contributed by atoms with van der Waals surface area (Å²) in [5, 5.41) is 0.392. The molecule has 1 amide bonds. The van der Waals surface area contributed by atoms with Gasteiger partial charge in [-0.15, -0.1) is 0 Å². The number of likely N-dealkylation sites (tertiary alicyclic amines) is 1. The molecular formula is C19H21ClN2O3S. The lowest BCUT2D eigenvalue weighted by Crippen LogP contribution is -2.36. The van der Waals surface area contributed by atoms with Crippen LogP contribution in [0.15, 0.2) is 47.4 Å². The van der Waals surface area contributed by atoms with E-state index < -0.39 is 10.0 Å². The molecule has 5 nitrogen and oxygen atoms in total. The number of carbonyl (C=O) groups is 1. The molecule has 7 heteroatoms. The third kappa shape index (κ3) is 4.19. The number of sulfonamides is 1. The molecule has 3 rings (SSSR count). The number of hydrogen-bond acceptors (Lipinski definition) is 3. The summed E-state index contributed by atoms with van der Waals surface area (Å²) >= 11 is 6.06. The number of rotatable bonds is 4. The van der Waals surface area contributed by atoms with Gasteiger partial charge in [0.2, 0.25) is 0 Å². The van der Waals surface area contributed by atoms with Crippen molar-refractivity contribution in [3.63, 3.8) is 0 Å². The molecule has 1 saturated heterocycles. The van der Waals surface area contributed by atoms with E-state index in [4.69, 9.17) is 11.6 Å². The van der Waals surface area contributed by atoms with Crippen LogP contribution in [0.2, 0.25) is 5.02 Å². The van der Waals surface area contributed by atoms with E-state index in [2.05, 4.69) is 4.72 Å². The summed E-state index contributed by atoms with van der Waals surface area (Å²) in [5.41, 5.74) is 1.48. The van der Waals surface area contributed by atoms with Crippen LogP contribution in [0.1, 0.15) is 35.2 Å². The molecule has 0 aromatic heterocycles. The molecule has 1 fully saturated rings. The van der Waals surface area contributed by atoms with E-state index in [1.54, 1.807) is 35.2 Å². The van der Waals surface area contributed by atoms with Crippen LogP contribution in [0.3, 0.4) is 0 Å². The van der Waals surface area contributed by atoms with Gasteiger partial charge in [0.05, 0.1) is 16.1 Å². The van der Waals surface area contributed by atoms with Crippen LogP contribution >= 0.6 is 11.6 Å². The first kappa shape index (κ1) is 18.7. The average molecular weight is 393 g/mol. The van der Waals surface area contributed by atoms with E-state index in [9.17, 15) is 13.2 Å². The molecule has 2 aromatic carbocycles. The fraction of sp³-hybridized carbons (Fsp3) is 0.316. The zero-order valence-corrected chi connectivity index (χ0v) is 16.1. The Bertz CT molecular complexity index is 905. The largest absolute Gasteiger partial charge is 0.339 e. The number of nitrogens with one attached hydrogen (secondary N) is 1. The van der Waals surface area contributed by atoms with Crippen molar-refractivity contribution >= 4 is 33.2 Å². The normalized spacial score (nSPS) is 14.9. The van der Waals surface area contributed by atoms with Gasteiger partial charge in [-0.3, -0.25) is 9.52 Å². The number of nitrogens with zero attached hydrogens (tertiary/aromatic N) is 1. The average Bonchev–Trinajstić information content (AvgIpc) is 2.63. The SMILES string of the molecule is Cc1ccc(S(=O)(=O)Nc2ccc(Cl)cc2C(=O)N2CCCCC2)cc1. The zero-order chi connectivity index (χ0) is 18.7. The molecule has 0 unspecified atom stereocenters. The molecule has 0 atom stereocenters. The van der Waals surface area contributed by atoms with Crippen molar-refractivity contribution in [2.45, 2.75) is 31.1 Å². The van der Waals surface area contributed by atoms with Crippen molar-refractivity contribution in [3.05, 3.63) is 58.6 Å². The van der Waals surface area contributed by atoms with Gasteiger partial charge in [0.15, 0.2) is 0 Å². The van der Waals surface area contributed by atoms with Crippen LogP contribution < -0.4 is 4.72 Å². The number of halogens is 1. The number of anilines is 1. The predicted octanol–water partition coefficient (Wildman–Crippen LogP) is 4.08. The van der Waals surface area contributed by atoms with Crippen molar-refractivity contribution in [2.24, 2.45) is 0 Å². The number of aryl methyl sites for hydroxylation is 1. The highest BCUT2D eigenvalue weighted by Gasteiger charge is 2.23. The quantitative estimate of drug-likeness (QED) is 0.852. The Kier molecular flexibility index (Phi) is 5.53. The van der Waals surface area contributed by atoms with E-state index in [-0.39, 0.29) is 22.1 Å². The van der Waals surface area contributed by atoms with Gasteiger partial charge in [-0.25, -0.2) is 8.42 Å². The Morgan fingerprint density at radius 2 is 1.69 bits per heavy atom. The van der Waals surface area contributed by atoms with Crippen molar-refractivity contribution in [3.8, 4) is 0 Å². The van der Waals surface area contributed by atoms with E-state index in [0.29, 0.717) is 18.1 Å². The molecule has 1 aliphatic rings. The fourth-order valence-corrected chi connectivity index (χ4v) is 4.22. The molecule has 2 aromatic rings. The highest BCUT2D eigenvalue weighted by atomic mass is 35.5. The van der Waals surface area contributed by atoms with Gasteiger partial charge < -0.3 is 4.90 Å². The number of carbonyl (C=O) groups excluding carboxylic acids is 1. The Hall–Kier alpha value is -2.05. The Balaban J connectivity index is 1.92. The second-order valence-corrected chi connectivity index (χ2v) is 8.58. The van der Waals surface area contributed by atoms with Crippen LogP contribution in [-0.4, -0.2) is 32.3 Å². The van der Waals surface area contributed by atoms with Gasteiger partial charge >= 0.3 is 0 Å². The monoisotopic (exact) mass is 392 g/mol. The Labute approximate surface area is 159 Å². The minimum Gasteiger partial charge on any atom is -0.339 e. The second kappa shape index (κ2) is 7.68. The molecule has 0 aliphatic carbocycles. The first-order valence-electron chi connectivity index (χ1n) is 8.55. The second-order valence-electron chi connectivity index (χ2n) is 6.46. The van der Waals surface area contributed by atoms with Gasteiger partial charge in [-0.2, -0.15) is 0 Å². The zero-order valence-electron chi connectivity index (χ0n) is 14.5. The topological polar surface area (TPSA) is 66.5 Å². The molecule has 0 bridgehead atoms. The molecule has 26 heavy (non-hydrogen) atoms. The number of benzene rings is 2. The van der Waals surface area contributed by atoms with Gasteiger partial charge in [-0.05, 0) is 56.5 Å². The molecule has 1 N–H and O–H groups in total. The first-order valence-corrected chi connectivity index (χ1v) is 10.4. The Morgan fingerprint density at radius 1 is 1.04 bits per heavy atom. The lowest BCUT2D eigenvalue weighted by atomic mass is 10.1. The molecular weight excluding hydrogens is 372 g/mol. The summed E-state index contributed by atoms with van der Waals surface area (Å²) in [7, 11) is -3.79. The van der Waals surface area contributed by atoms with E-state index in [0.717, 1.165) is 24.8 Å². The molecule has 0 spiro atoms. The van der Waals surface area contributed by atoms with E-state index >= 15 is 0 Å². The summed E-state index contributed by atoms with van der Waals surface area (Å²) in [6, 6.07) is 11.2. The highest BCUT2D eigenvalue weighted by molar-refractivity contribution is 7.92. The number of amides is 1. The van der Waals surface area contributed by atoms with Gasteiger partial charge in [0, 0.05) is 18.1 Å². The van der Waals surface area contributed by atoms with E-state index in [1.165, 1.54) is 12.1 Å². The lowest BCUT2D eigenvalue weighted by Gasteiger charge is -2.27. The third-order valence-corrected chi connectivity index (χ3v) is 6.05. The maximum Gasteiger partial charge on any atom is 0.261 e. The molecule has 0 saturated carbocycles. The van der Waals surface area contributed by atoms with Crippen molar-refractivity contribution in [1.82, 2.24) is 4.90 Å². The first-order chi connectivity index (χ1) is 12.4. The standard InChI is InChI=1S/C19H21ClN2O3S/c1-14-5-8-16(9-6-14)26(24,25)21-18-10-7-15(20)13-17(18)19(23)22-11-3-2-4-12-22/h5-10,13,21H,2-4,11-12H2,1H3. The van der Waals surface area contributed by atoms with Gasteiger partial charge in [-0.1, -0.05) is 29.3 Å². The number of hydrogen-bond donors (Lipinski definition) is 1. The summed E-state index contributed by atoms with van der Waals surface area (Å²) in [5.74, 6) is -0.200.